The predicted molar refractivity (Wildman–Crippen MR) is 73.2 cm³/mol. The number of alkyl halides is 3. The van der Waals surface area contributed by atoms with E-state index in [9.17, 15) is 13.2 Å². The third-order valence-corrected chi connectivity index (χ3v) is 4.06. The van der Waals surface area contributed by atoms with Crippen molar-refractivity contribution in [3.8, 4) is 0 Å². The fourth-order valence-corrected chi connectivity index (χ4v) is 3.31. The van der Waals surface area contributed by atoms with Gasteiger partial charge in [-0.05, 0) is 49.7 Å². The summed E-state index contributed by atoms with van der Waals surface area (Å²) in [6.45, 7) is 1.60. The van der Waals surface area contributed by atoms with E-state index >= 15 is 0 Å². The molecule has 6 heteroatoms. The molecule has 0 bridgehead atoms. The second-order valence-electron chi connectivity index (χ2n) is 4.87. The molecule has 106 valence electrons. The molecule has 1 aromatic carbocycles. The molecular weight excluding hydrogens is 343 g/mol. The number of likely N-dealkylation sites (tertiary alicyclic amines) is 1. The zero-order valence-corrected chi connectivity index (χ0v) is 12.5. The Morgan fingerprint density at radius 3 is 2.37 bits per heavy atom. The molecule has 0 aromatic heterocycles. The SMILES string of the molecule is FC(F)(F)C1CCN(Cc2cc(Cl)cc(Br)c2)CC1. The van der Waals surface area contributed by atoms with Gasteiger partial charge in [0.2, 0.25) is 0 Å². The lowest BCUT2D eigenvalue weighted by molar-refractivity contribution is -0.185. The van der Waals surface area contributed by atoms with E-state index in [0.29, 0.717) is 24.7 Å². The molecular formula is C13H14BrClF3N. The van der Waals surface area contributed by atoms with Crippen molar-refractivity contribution in [2.24, 2.45) is 5.92 Å². The highest BCUT2D eigenvalue weighted by Crippen LogP contribution is 2.34. The molecule has 0 amide bonds. The van der Waals surface area contributed by atoms with E-state index in [-0.39, 0.29) is 12.8 Å². The minimum atomic E-state index is -4.05. The lowest BCUT2D eigenvalue weighted by Crippen LogP contribution is -2.38. The first-order valence-corrected chi connectivity index (χ1v) is 7.26. The zero-order valence-electron chi connectivity index (χ0n) is 10.2. The van der Waals surface area contributed by atoms with Gasteiger partial charge < -0.3 is 0 Å². The number of benzene rings is 1. The van der Waals surface area contributed by atoms with Crippen molar-refractivity contribution in [2.75, 3.05) is 13.1 Å². The first-order valence-electron chi connectivity index (χ1n) is 6.08. The molecule has 1 aromatic rings. The van der Waals surface area contributed by atoms with Crippen LogP contribution in [0.2, 0.25) is 5.02 Å². The maximum absolute atomic E-state index is 12.6. The summed E-state index contributed by atoms with van der Waals surface area (Å²) in [5.41, 5.74) is 1.02. The molecule has 0 spiro atoms. The molecule has 0 saturated carbocycles. The first kappa shape index (κ1) is 15.1. The molecule has 0 atom stereocenters. The van der Waals surface area contributed by atoms with Crippen molar-refractivity contribution in [1.29, 1.82) is 0 Å². The van der Waals surface area contributed by atoms with Crippen LogP contribution in [0.5, 0.6) is 0 Å². The van der Waals surface area contributed by atoms with Gasteiger partial charge in [0.25, 0.3) is 0 Å². The lowest BCUT2D eigenvalue weighted by Gasteiger charge is -2.32. The summed E-state index contributed by atoms with van der Waals surface area (Å²) in [5.74, 6) is -1.14. The van der Waals surface area contributed by atoms with E-state index < -0.39 is 12.1 Å². The number of halogens is 5. The summed E-state index contributed by atoms with van der Waals surface area (Å²) in [7, 11) is 0. The van der Waals surface area contributed by atoms with E-state index in [1.54, 1.807) is 6.07 Å². The summed E-state index contributed by atoms with van der Waals surface area (Å²) in [6.07, 6.45) is -3.68. The zero-order chi connectivity index (χ0) is 14.0. The maximum Gasteiger partial charge on any atom is 0.391 e. The quantitative estimate of drug-likeness (QED) is 0.730. The molecule has 1 aliphatic rings. The van der Waals surface area contributed by atoms with Crippen molar-refractivity contribution >= 4 is 27.5 Å². The Balaban J connectivity index is 1.92. The van der Waals surface area contributed by atoms with Crippen LogP contribution >= 0.6 is 27.5 Å². The molecule has 1 heterocycles. The number of piperidine rings is 1. The van der Waals surface area contributed by atoms with Crippen molar-refractivity contribution in [3.63, 3.8) is 0 Å². The van der Waals surface area contributed by atoms with Gasteiger partial charge >= 0.3 is 6.18 Å². The Bertz CT molecular complexity index is 422. The Labute approximate surface area is 123 Å². The molecule has 0 aliphatic carbocycles. The molecule has 1 saturated heterocycles. The Morgan fingerprint density at radius 1 is 1.21 bits per heavy atom. The fourth-order valence-electron chi connectivity index (χ4n) is 2.38. The summed E-state index contributed by atoms with van der Waals surface area (Å²) in [4.78, 5) is 2.04. The molecule has 0 N–H and O–H groups in total. The van der Waals surface area contributed by atoms with Gasteiger partial charge in [0.1, 0.15) is 0 Å². The third-order valence-electron chi connectivity index (χ3n) is 3.38. The van der Waals surface area contributed by atoms with Crippen LogP contribution in [0.4, 0.5) is 13.2 Å². The van der Waals surface area contributed by atoms with Crippen LogP contribution in [0.25, 0.3) is 0 Å². The van der Waals surface area contributed by atoms with Crippen LogP contribution < -0.4 is 0 Å². The van der Waals surface area contributed by atoms with Gasteiger partial charge in [-0.25, -0.2) is 0 Å². The molecule has 19 heavy (non-hydrogen) atoms. The van der Waals surface area contributed by atoms with Gasteiger partial charge in [0.15, 0.2) is 0 Å². The monoisotopic (exact) mass is 355 g/mol. The van der Waals surface area contributed by atoms with Crippen LogP contribution in [0.3, 0.4) is 0 Å². The lowest BCUT2D eigenvalue weighted by atomic mass is 9.96. The van der Waals surface area contributed by atoms with Gasteiger partial charge in [-0.1, -0.05) is 27.5 Å². The standard InChI is InChI=1S/C13H14BrClF3N/c14-11-5-9(6-12(15)7-11)8-19-3-1-10(2-4-19)13(16,17)18/h5-7,10H,1-4,8H2. The van der Waals surface area contributed by atoms with Crippen molar-refractivity contribution in [3.05, 3.63) is 33.3 Å². The Morgan fingerprint density at radius 2 is 1.84 bits per heavy atom. The van der Waals surface area contributed by atoms with E-state index in [0.717, 1.165) is 10.0 Å². The van der Waals surface area contributed by atoms with E-state index in [1.165, 1.54) is 0 Å². The number of hydrogen-bond donors (Lipinski definition) is 0. The average molecular weight is 357 g/mol. The minimum absolute atomic E-state index is 0.186. The minimum Gasteiger partial charge on any atom is -0.299 e. The van der Waals surface area contributed by atoms with Crippen molar-refractivity contribution < 1.29 is 13.2 Å². The second-order valence-corrected chi connectivity index (χ2v) is 6.22. The number of rotatable bonds is 2. The third kappa shape index (κ3) is 4.36. The van der Waals surface area contributed by atoms with Crippen LogP contribution in [-0.2, 0) is 6.54 Å². The highest BCUT2D eigenvalue weighted by molar-refractivity contribution is 9.10. The molecule has 0 radical (unpaired) electrons. The van der Waals surface area contributed by atoms with Crippen LogP contribution in [-0.4, -0.2) is 24.2 Å². The predicted octanol–water partition coefficient (Wildman–Crippen LogP) is 4.88. The molecule has 1 nitrogen and oxygen atoms in total. The first-order chi connectivity index (χ1) is 8.84. The average Bonchev–Trinajstić information content (AvgIpc) is 2.26. The summed E-state index contributed by atoms with van der Waals surface area (Å²) >= 11 is 9.32. The largest absolute Gasteiger partial charge is 0.391 e. The van der Waals surface area contributed by atoms with Crippen LogP contribution in [0, 0.1) is 5.92 Å². The van der Waals surface area contributed by atoms with E-state index in [1.807, 2.05) is 17.0 Å². The smallest absolute Gasteiger partial charge is 0.299 e. The highest BCUT2D eigenvalue weighted by atomic mass is 79.9. The van der Waals surface area contributed by atoms with Crippen LogP contribution in [0.1, 0.15) is 18.4 Å². The summed E-state index contributed by atoms with van der Waals surface area (Å²) in [6, 6.07) is 5.59. The number of nitrogens with zero attached hydrogens (tertiary/aromatic N) is 1. The molecule has 0 unspecified atom stereocenters. The van der Waals surface area contributed by atoms with Crippen LogP contribution in [0.15, 0.2) is 22.7 Å². The normalized spacial score (nSPS) is 18.8. The van der Waals surface area contributed by atoms with Gasteiger partial charge in [-0.15, -0.1) is 0 Å². The van der Waals surface area contributed by atoms with E-state index in [4.69, 9.17) is 11.6 Å². The van der Waals surface area contributed by atoms with Gasteiger partial charge in [0.05, 0.1) is 5.92 Å². The van der Waals surface area contributed by atoms with Gasteiger partial charge in [0, 0.05) is 16.0 Å². The van der Waals surface area contributed by atoms with E-state index in [2.05, 4.69) is 15.9 Å². The molecule has 1 fully saturated rings. The fraction of sp³-hybridized carbons (Fsp3) is 0.538. The van der Waals surface area contributed by atoms with Gasteiger partial charge in [-0.2, -0.15) is 13.2 Å². The van der Waals surface area contributed by atoms with Crippen molar-refractivity contribution in [1.82, 2.24) is 4.90 Å². The number of hydrogen-bond acceptors (Lipinski definition) is 1. The Kier molecular flexibility index (Phi) is 4.79. The highest BCUT2D eigenvalue weighted by Gasteiger charge is 2.40. The molecule has 2 rings (SSSR count). The van der Waals surface area contributed by atoms with Crippen molar-refractivity contribution in [2.45, 2.75) is 25.6 Å². The summed E-state index contributed by atoms with van der Waals surface area (Å²) < 4.78 is 38.6. The molecule has 1 aliphatic heterocycles. The Hall–Kier alpha value is -0.260. The van der Waals surface area contributed by atoms with Gasteiger partial charge in [-0.3, -0.25) is 4.90 Å². The summed E-state index contributed by atoms with van der Waals surface area (Å²) in [5, 5.41) is 0.634. The maximum atomic E-state index is 12.6. The second kappa shape index (κ2) is 6.02. The topological polar surface area (TPSA) is 3.24 Å².